The van der Waals surface area contributed by atoms with Crippen LogP contribution in [0.25, 0.3) is 160 Å². The first-order valence-electron chi connectivity index (χ1n) is 21.6. The van der Waals surface area contributed by atoms with Crippen molar-refractivity contribution in [3.05, 3.63) is 180 Å². The Balaban J connectivity index is 1.25. The Bertz CT molecular complexity index is 4270. The van der Waals surface area contributed by atoms with Crippen LogP contribution in [0.2, 0.25) is 0 Å². The van der Waals surface area contributed by atoms with E-state index in [2.05, 4.69) is 180 Å². The molecule has 0 aliphatic heterocycles. The zero-order valence-corrected chi connectivity index (χ0v) is 36.0. The third kappa shape index (κ3) is 4.34. The van der Waals surface area contributed by atoms with E-state index in [1.807, 2.05) is 34.0 Å². The summed E-state index contributed by atoms with van der Waals surface area (Å²) >= 11 is 5.66. The Morgan fingerprint density at radius 1 is 0.190 bits per heavy atom. The molecule has 0 saturated heterocycles. The summed E-state index contributed by atoms with van der Waals surface area (Å²) in [7, 11) is 0. The van der Waals surface area contributed by atoms with Gasteiger partial charge in [0.2, 0.25) is 0 Å². The van der Waals surface area contributed by atoms with Crippen LogP contribution < -0.4 is 0 Å². The topological polar surface area (TPSA) is 0 Å². The molecular formula is C60H30S3. The van der Waals surface area contributed by atoms with Gasteiger partial charge < -0.3 is 0 Å². The number of hydrogen-bond donors (Lipinski definition) is 0. The van der Waals surface area contributed by atoms with Crippen LogP contribution in [-0.4, -0.2) is 0 Å². The first-order valence-corrected chi connectivity index (χ1v) is 24.2. The minimum atomic E-state index is 1.28. The number of hydrogen-bond acceptors (Lipinski definition) is 3. The maximum absolute atomic E-state index is 2.53. The normalized spacial score (nSPS) is 12.8. The van der Waals surface area contributed by atoms with Crippen molar-refractivity contribution < 1.29 is 0 Å². The molecule has 3 aromatic heterocycles. The van der Waals surface area contributed by atoms with Crippen LogP contribution in [0.4, 0.5) is 0 Å². The molecule has 288 valence electrons. The average molecular weight is 847 g/mol. The van der Waals surface area contributed by atoms with Crippen LogP contribution in [0.1, 0.15) is 0 Å². The van der Waals surface area contributed by atoms with Gasteiger partial charge in [0.15, 0.2) is 0 Å². The van der Waals surface area contributed by atoms with Crippen molar-refractivity contribution in [2.24, 2.45) is 0 Å². The van der Waals surface area contributed by atoms with Gasteiger partial charge in [0, 0.05) is 62.6 Å². The third-order valence-corrected chi connectivity index (χ3v) is 17.2. The molecule has 0 saturated carbocycles. The number of fused-ring (bicyclic) bond motifs is 27. The summed E-state index contributed by atoms with van der Waals surface area (Å²) in [6.45, 7) is 0. The highest BCUT2D eigenvalue weighted by Gasteiger charge is 2.25. The van der Waals surface area contributed by atoms with Gasteiger partial charge in [-0.3, -0.25) is 0 Å². The summed E-state index contributed by atoms with van der Waals surface area (Å²) in [4.78, 5) is 0. The van der Waals surface area contributed by atoms with E-state index in [9.17, 15) is 0 Å². The quantitative estimate of drug-likeness (QED) is 0.105. The van der Waals surface area contributed by atoms with E-state index < -0.39 is 0 Å². The second-order valence-corrected chi connectivity index (χ2v) is 20.3. The molecule has 0 aliphatic rings. The van der Waals surface area contributed by atoms with Crippen molar-refractivity contribution in [3.63, 3.8) is 0 Å². The van der Waals surface area contributed by atoms with E-state index >= 15 is 0 Å². The minimum Gasteiger partial charge on any atom is -0.143 e. The summed E-state index contributed by atoms with van der Waals surface area (Å²) in [5.41, 5.74) is 0. The summed E-state index contributed by atoms with van der Waals surface area (Å²) in [6, 6.07) is 63.2. The van der Waals surface area contributed by atoms with Crippen molar-refractivity contribution in [3.8, 4) is 0 Å². The molecule has 0 radical (unpaired) electrons. The van der Waals surface area contributed by atoms with Gasteiger partial charge in [-0.2, -0.15) is 0 Å². The summed E-state index contributed by atoms with van der Waals surface area (Å²) < 4.78 is 4.08. The monoisotopic (exact) mass is 846 g/mol. The summed E-state index contributed by atoms with van der Waals surface area (Å²) in [5.74, 6) is 0. The van der Waals surface area contributed by atoms with Crippen molar-refractivity contribution in [1.29, 1.82) is 0 Å². The molecule has 13 aromatic carbocycles. The van der Waals surface area contributed by atoms with Gasteiger partial charge in [0.25, 0.3) is 0 Å². The SMILES string of the molecule is c1ccc2cc3cc4c(cc3cc2c1)c1sccc1c1c2c3cc5cc6ccccc6cc5cc3c3sccc3c2c2c3cc5cc6ccccc6cc5cc3c3sccc3c2c41. The van der Waals surface area contributed by atoms with Gasteiger partial charge in [-0.05, 0) is 204 Å². The molecule has 16 rings (SSSR count). The molecule has 0 fully saturated rings. The zero-order chi connectivity index (χ0) is 40.7. The lowest BCUT2D eigenvalue weighted by atomic mass is 9.82. The maximum atomic E-state index is 2.53. The van der Waals surface area contributed by atoms with E-state index in [4.69, 9.17) is 0 Å². The molecule has 0 spiro atoms. The van der Waals surface area contributed by atoms with E-state index in [1.165, 1.54) is 160 Å². The predicted molar refractivity (Wildman–Crippen MR) is 283 cm³/mol. The van der Waals surface area contributed by atoms with Gasteiger partial charge in [-0.25, -0.2) is 0 Å². The smallest absolute Gasteiger partial charge is 0.0428 e. The second-order valence-electron chi connectivity index (χ2n) is 17.6. The lowest BCUT2D eigenvalue weighted by Crippen LogP contribution is -1.92. The predicted octanol–water partition coefficient (Wildman–Crippen LogP) is 19.2. The van der Waals surface area contributed by atoms with Gasteiger partial charge in [0.1, 0.15) is 0 Å². The summed E-state index contributed by atoms with van der Waals surface area (Å²) in [6.07, 6.45) is 0. The van der Waals surface area contributed by atoms with Crippen LogP contribution >= 0.6 is 34.0 Å². The van der Waals surface area contributed by atoms with Gasteiger partial charge in [0.05, 0.1) is 0 Å². The lowest BCUT2D eigenvalue weighted by molar-refractivity contribution is 1.80. The fourth-order valence-corrected chi connectivity index (χ4v) is 14.5. The molecule has 63 heavy (non-hydrogen) atoms. The van der Waals surface area contributed by atoms with Crippen LogP contribution in [0.3, 0.4) is 0 Å². The first kappa shape index (κ1) is 33.5. The molecule has 0 bridgehead atoms. The first-order chi connectivity index (χ1) is 31.2. The Morgan fingerprint density at radius 3 is 0.667 bits per heavy atom. The number of thiophene rings is 3. The van der Waals surface area contributed by atoms with E-state index in [-0.39, 0.29) is 0 Å². The Morgan fingerprint density at radius 2 is 0.413 bits per heavy atom. The molecule has 0 nitrogen and oxygen atoms in total. The third-order valence-electron chi connectivity index (χ3n) is 14.4. The van der Waals surface area contributed by atoms with Crippen molar-refractivity contribution >= 4 is 194 Å². The average Bonchev–Trinajstić information content (AvgIpc) is 4.13. The van der Waals surface area contributed by atoms with E-state index in [0.29, 0.717) is 0 Å². The molecular weight excluding hydrogens is 817 g/mol. The fourth-order valence-electron chi connectivity index (χ4n) is 11.7. The van der Waals surface area contributed by atoms with E-state index in [0.717, 1.165) is 0 Å². The van der Waals surface area contributed by atoms with Crippen LogP contribution in [0.5, 0.6) is 0 Å². The van der Waals surface area contributed by atoms with Crippen LogP contribution in [0.15, 0.2) is 180 Å². The van der Waals surface area contributed by atoms with Crippen LogP contribution in [0, 0.1) is 0 Å². The van der Waals surface area contributed by atoms with Crippen molar-refractivity contribution in [2.45, 2.75) is 0 Å². The molecule has 3 heteroatoms. The second kappa shape index (κ2) is 11.9. The Hall–Kier alpha value is -7.14. The zero-order valence-electron chi connectivity index (χ0n) is 33.5. The lowest BCUT2D eigenvalue weighted by Gasteiger charge is -2.21. The number of rotatable bonds is 0. The standard InChI is InChI=1S/C60H30S3/c1-4-10-34-22-40-28-49-46(25-37(40)19-31(34)7-1)55-52(43-13-16-61-58(43)49)56-48-27-39-21-33-9-3-6-12-36(33)24-42(39)30-51(48)60-45(15-18-63-60)54(56)57-47-26-38-20-32-8-2-5-11-35(32)23-41(38)29-50(47)59-44(53(55)57)14-17-62-59/h1-30H. The van der Waals surface area contributed by atoms with Gasteiger partial charge in [-0.1, -0.05) is 72.8 Å². The Kier molecular flexibility index (Phi) is 6.30. The van der Waals surface area contributed by atoms with E-state index in [1.54, 1.807) is 0 Å². The summed E-state index contributed by atoms with van der Waals surface area (Å²) in [5, 5.41) is 42.6. The maximum Gasteiger partial charge on any atom is 0.0428 e. The Labute approximate surface area is 371 Å². The highest BCUT2D eigenvalue weighted by molar-refractivity contribution is 7.19. The molecule has 0 aliphatic carbocycles. The van der Waals surface area contributed by atoms with Crippen LogP contribution in [-0.2, 0) is 0 Å². The molecule has 0 atom stereocenters. The molecule has 0 N–H and O–H groups in total. The molecule has 0 unspecified atom stereocenters. The largest absolute Gasteiger partial charge is 0.143 e. The van der Waals surface area contributed by atoms with Gasteiger partial charge in [-0.15, -0.1) is 34.0 Å². The highest BCUT2D eigenvalue weighted by atomic mass is 32.1. The molecule has 3 heterocycles. The highest BCUT2D eigenvalue weighted by Crippen LogP contribution is 2.55. The van der Waals surface area contributed by atoms with Gasteiger partial charge >= 0.3 is 0 Å². The van der Waals surface area contributed by atoms with Crippen molar-refractivity contribution in [1.82, 2.24) is 0 Å². The fraction of sp³-hybridized carbons (Fsp3) is 0. The van der Waals surface area contributed by atoms with Crippen molar-refractivity contribution in [2.75, 3.05) is 0 Å². The number of benzene rings is 13. The molecule has 0 amide bonds. The minimum absolute atomic E-state index is 1.28. The molecule has 16 aromatic rings.